The van der Waals surface area contributed by atoms with Crippen molar-refractivity contribution in [1.29, 1.82) is 0 Å². The van der Waals surface area contributed by atoms with Crippen LogP contribution in [-0.4, -0.2) is 18.5 Å². The number of benzene rings is 1. The van der Waals surface area contributed by atoms with Crippen molar-refractivity contribution in [3.63, 3.8) is 0 Å². The average Bonchev–Trinajstić information content (AvgIpc) is 2.39. The molecule has 0 saturated heterocycles. The third-order valence-electron chi connectivity index (χ3n) is 2.51. The molecule has 0 aliphatic carbocycles. The standard InChI is InChI=1S/C12H10F2N2O3S/c13-10-3-4-11(12(14)9(10)7-17)20(18,19)16-8-2-1-5-15-6-8/h1-6,16-17H,7H2. The van der Waals surface area contributed by atoms with E-state index in [1.165, 1.54) is 24.5 Å². The van der Waals surface area contributed by atoms with Gasteiger partial charge in [0, 0.05) is 6.20 Å². The number of nitrogens with one attached hydrogen (secondary N) is 1. The molecule has 2 aromatic rings. The largest absolute Gasteiger partial charge is 0.391 e. The second kappa shape index (κ2) is 5.51. The highest BCUT2D eigenvalue weighted by Crippen LogP contribution is 2.23. The number of aliphatic hydroxyl groups excluding tert-OH is 1. The molecule has 20 heavy (non-hydrogen) atoms. The Balaban J connectivity index is 2.45. The number of aliphatic hydroxyl groups is 1. The van der Waals surface area contributed by atoms with Gasteiger partial charge in [0.05, 0.1) is 24.1 Å². The molecule has 0 aliphatic rings. The predicted octanol–water partition coefficient (Wildman–Crippen LogP) is 1.65. The van der Waals surface area contributed by atoms with Gasteiger partial charge in [0.2, 0.25) is 0 Å². The molecule has 2 rings (SSSR count). The van der Waals surface area contributed by atoms with Gasteiger partial charge in [-0.2, -0.15) is 0 Å². The molecule has 0 unspecified atom stereocenters. The minimum absolute atomic E-state index is 0.141. The van der Waals surface area contributed by atoms with E-state index in [-0.39, 0.29) is 5.69 Å². The summed E-state index contributed by atoms with van der Waals surface area (Å²) >= 11 is 0. The van der Waals surface area contributed by atoms with Crippen LogP contribution in [0.2, 0.25) is 0 Å². The van der Waals surface area contributed by atoms with Crippen molar-refractivity contribution in [2.24, 2.45) is 0 Å². The van der Waals surface area contributed by atoms with Crippen molar-refractivity contribution in [2.75, 3.05) is 4.72 Å². The number of rotatable bonds is 4. The third kappa shape index (κ3) is 2.75. The van der Waals surface area contributed by atoms with E-state index in [4.69, 9.17) is 5.11 Å². The van der Waals surface area contributed by atoms with E-state index in [1.54, 1.807) is 0 Å². The Hall–Kier alpha value is -2.06. The SMILES string of the molecule is O=S(=O)(Nc1cccnc1)c1ccc(F)c(CO)c1F. The lowest BCUT2D eigenvalue weighted by Crippen LogP contribution is -2.16. The van der Waals surface area contributed by atoms with Crippen LogP contribution in [0.5, 0.6) is 0 Å². The molecule has 1 aromatic carbocycles. The molecule has 0 spiro atoms. The van der Waals surface area contributed by atoms with E-state index in [2.05, 4.69) is 9.71 Å². The van der Waals surface area contributed by atoms with E-state index >= 15 is 0 Å². The van der Waals surface area contributed by atoms with Crippen LogP contribution in [0.3, 0.4) is 0 Å². The fourth-order valence-electron chi connectivity index (χ4n) is 1.56. The zero-order valence-electron chi connectivity index (χ0n) is 10.0. The molecule has 8 heteroatoms. The normalized spacial score (nSPS) is 11.3. The van der Waals surface area contributed by atoms with Crippen LogP contribution in [-0.2, 0) is 16.6 Å². The van der Waals surface area contributed by atoms with Gasteiger partial charge in [-0.3, -0.25) is 9.71 Å². The summed E-state index contributed by atoms with van der Waals surface area (Å²) in [4.78, 5) is 2.97. The first-order chi connectivity index (χ1) is 9.45. The average molecular weight is 300 g/mol. The minimum atomic E-state index is -4.24. The van der Waals surface area contributed by atoms with Crippen LogP contribution < -0.4 is 4.72 Å². The van der Waals surface area contributed by atoms with Gasteiger partial charge >= 0.3 is 0 Å². The second-order valence-corrected chi connectivity index (χ2v) is 5.49. The quantitative estimate of drug-likeness (QED) is 0.900. The number of aromatic nitrogens is 1. The minimum Gasteiger partial charge on any atom is -0.391 e. The molecule has 0 atom stereocenters. The Bertz CT molecular complexity index is 721. The molecule has 0 fully saturated rings. The molecule has 106 valence electrons. The first-order valence-corrected chi connectivity index (χ1v) is 6.94. The second-order valence-electron chi connectivity index (χ2n) is 3.84. The van der Waals surface area contributed by atoms with E-state index in [9.17, 15) is 17.2 Å². The summed E-state index contributed by atoms with van der Waals surface area (Å²) in [6.45, 7) is -0.937. The molecule has 0 radical (unpaired) electrons. The van der Waals surface area contributed by atoms with Crippen LogP contribution in [0, 0.1) is 11.6 Å². The van der Waals surface area contributed by atoms with Gasteiger partial charge in [0.15, 0.2) is 5.82 Å². The first-order valence-electron chi connectivity index (χ1n) is 5.46. The molecule has 5 nitrogen and oxygen atoms in total. The molecule has 2 N–H and O–H groups in total. The maximum atomic E-state index is 13.9. The van der Waals surface area contributed by atoms with Crippen molar-refractivity contribution < 1.29 is 22.3 Å². The van der Waals surface area contributed by atoms with Crippen molar-refractivity contribution in [3.05, 3.63) is 53.9 Å². The van der Waals surface area contributed by atoms with Crippen LogP contribution in [0.4, 0.5) is 14.5 Å². The Labute approximate surface area is 114 Å². The van der Waals surface area contributed by atoms with Crippen molar-refractivity contribution in [2.45, 2.75) is 11.5 Å². The highest BCUT2D eigenvalue weighted by atomic mass is 32.2. The monoisotopic (exact) mass is 300 g/mol. The van der Waals surface area contributed by atoms with Gasteiger partial charge in [-0.25, -0.2) is 17.2 Å². The lowest BCUT2D eigenvalue weighted by Gasteiger charge is -2.10. The van der Waals surface area contributed by atoms with Gasteiger partial charge < -0.3 is 5.11 Å². The van der Waals surface area contributed by atoms with Crippen molar-refractivity contribution in [1.82, 2.24) is 4.98 Å². The molecule has 0 saturated carbocycles. The maximum absolute atomic E-state index is 13.9. The van der Waals surface area contributed by atoms with Crippen LogP contribution in [0.25, 0.3) is 0 Å². The summed E-state index contributed by atoms with van der Waals surface area (Å²) in [6.07, 6.45) is 2.69. The maximum Gasteiger partial charge on any atom is 0.264 e. The van der Waals surface area contributed by atoms with Crippen molar-refractivity contribution >= 4 is 15.7 Å². The molecular formula is C12H10F2N2O3S. The number of anilines is 1. The lowest BCUT2D eigenvalue weighted by atomic mass is 10.2. The highest BCUT2D eigenvalue weighted by molar-refractivity contribution is 7.92. The molecule has 1 heterocycles. The summed E-state index contributed by atoms with van der Waals surface area (Å²) in [5.74, 6) is -2.32. The van der Waals surface area contributed by atoms with Crippen molar-refractivity contribution in [3.8, 4) is 0 Å². The molecular weight excluding hydrogens is 290 g/mol. The van der Waals surface area contributed by atoms with Crippen LogP contribution in [0.1, 0.15) is 5.56 Å². The number of hydrogen-bond acceptors (Lipinski definition) is 4. The summed E-state index contributed by atoms with van der Waals surface area (Å²) in [6, 6.07) is 4.51. The number of hydrogen-bond donors (Lipinski definition) is 2. The van der Waals surface area contributed by atoms with E-state index in [1.807, 2.05) is 0 Å². The third-order valence-corrected chi connectivity index (χ3v) is 3.91. The zero-order valence-corrected chi connectivity index (χ0v) is 10.9. The van der Waals surface area contributed by atoms with Gasteiger partial charge in [-0.1, -0.05) is 0 Å². The van der Waals surface area contributed by atoms with Gasteiger partial charge in [-0.05, 0) is 24.3 Å². The smallest absolute Gasteiger partial charge is 0.264 e. The van der Waals surface area contributed by atoms with Gasteiger partial charge in [-0.15, -0.1) is 0 Å². The Morgan fingerprint density at radius 3 is 2.60 bits per heavy atom. The molecule has 0 bridgehead atoms. The van der Waals surface area contributed by atoms with Gasteiger partial charge in [0.1, 0.15) is 10.7 Å². The Kier molecular flexibility index (Phi) is 3.96. The number of pyridine rings is 1. The molecule has 0 amide bonds. The topological polar surface area (TPSA) is 79.3 Å². The highest BCUT2D eigenvalue weighted by Gasteiger charge is 2.23. The predicted molar refractivity (Wildman–Crippen MR) is 67.3 cm³/mol. The number of halogens is 2. The van der Waals surface area contributed by atoms with Crippen LogP contribution >= 0.6 is 0 Å². The summed E-state index contributed by atoms with van der Waals surface area (Å²) in [7, 11) is -4.24. The number of sulfonamides is 1. The van der Waals surface area contributed by atoms with E-state index in [0.717, 1.165) is 12.1 Å². The Morgan fingerprint density at radius 1 is 1.25 bits per heavy atom. The fraction of sp³-hybridized carbons (Fsp3) is 0.0833. The number of nitrogens with zero attached hydrogens (tertiary/aromatic N) is 1. The molecule has 0 aliphatic heterocycles. The summed E-state index contributed by atoms with van der Waals surface area (Å²) in [5.41, 5.74) is -0.555. The zero-order chi connectivity index (χ0) is 14.8. The van der Waals surface area contributed by atoms with E-state index < -0.39 is 38.7 Å². The fourth-order valence-corrected chi connectivity index (χ4v) is 2.71. The molecule has 1 aromatic heterocycles. The first kappa shape index (κ1) is 14.4. The Morgan fingerprint density at radius 2 is 2.00 bits per heavy atom. The summed E-state index contributed by atoms with van der Waals surface area (Å²) < 4.78 is 53.3. The van der Waals surface area contributed by atoms with Gasteiger partial charge in [0.25, 0.3) is 10.0 Å². The lowest BCUT2D eigenvalue weighted by molar-refractivity contribution is 0.267. The van der Waals surface area contributed by atoms with E-state index in [0.29, 0.717) is 0 Å². The summed E-state index contributed by atoms with van der Waals surface area (Å²) in [5, 5.41) is 8.87. The van der Waals surface area contributed by atoms with Crippen LogP contribution in [0.15, 0.2) is 41.6 Å².